The molecule has 0 aromatic heterocycles. The number of rotatable bonds is 5. The van der Waals surface area contributed by atoms with Gasteiger partial charge in [0.05, 0.1) is 13.2 Å². The van der Waals surface area contributed by atoms with Crippen LogP contribution < -0.4 is 10.1 Å². The number of hydrogen-bond donors (Lipinski definition) is 3. The molecule has 0 aliphatic heterocycles. The molecular weight excluding hydrogens is 254 g/mol. The van der Waals surface area contributed by atoms with Crippen LogP contribution in [0.3, 0.4) is 0 Å². The SMILES string of the molecule is COc1ccc(C(C)NCC2CCCCC2O)c(O)c1. The van der Waals surface area contributed by atoms with Crippen LogP contribution in [0.4, 0.5) is 0 Å². The maximum absolute atomic E-state index is 10.0. The van der Waals surface area contributed by atoms with Gasteiger partial charge in [-0.25, -0.2) is 0 Å². The van der Waals surface area contributed by atoms with Crippen LogP contribution in [-0.2, 0) is 0 Å². The van der Waals surface area contributed by atoms with Crippen molar-refractivity contribution in [3.63, 3.8) is 0 Å². The fourth-order valence-corrected chi connectivity index (χ4v) is 2.88. The van der Waals surface area contributed by atoms with Crippen molar-refractivity contribution in [1.82, 2.24) is 5.32 Å². The summed E-state index contributed by atoms with van der Waals surface area (Å²) < 4.78 is 5.09. The minimum absolute atomic E-state index is 0.0510. The number of hydrogen-bond acceptors (Lipinski definition) is 4. The molecule has 1 aromatic carbocycles. The normalized spacial score (nSPS) is 24.4. The molecular formula is C16H25NO3. The quantitative estimate of drug-likeness (QED) is 0.775. The Kier molecular flexibility index (Phi) is 5.26. The van der Waals surface area contributed by atoms with E-state index in [2.05, 4.69) is 5.32 Å². The Hall–Kier alpha value is -1.26. The molecule has 3 N–H and O–H groups in total. The van der Waals surface area contributed by atoms with Crippen molar-refractivity contribution in [2.75, 3.05) is 13.7 Å². The van der Waals surface area contributed by atoms with Gasteiger partial charge < -0.3 is 20.3 Å². The summed E-state index contributed by atoms with van der Waals surface area (Å²) in [7, 11) is 1.58. The Morgan fingerprint density at radius 1 is 1.35 bits per heavy atom. The summed E-state index contributed by atoms with van der Waals surface area (Å²) in [6.45, 7) is 2.81. The largest absolute Gasteiger partial charge is 0.507 e. The third-order valence-corrected chi connectivity index (χ3v) is 4.26. The smallest absolute Gasteiger partial charge is 0.124 e. The lowest BCUT2D eigenvalue weighted by Crippen LogP contribution is -2.34. The first-order valence-corrected chi connectivity index (χ1v) is 7.40. The van der Waals surface area contributed by atoms with Crippen LogP contribution in [0, 0.1) is 5.92 Å². The summed E-state index contributed by atoms with van der Waals surface area (Å²) in [6.07, 6.45) is 4.13. The highest BCUT2D eigenvalue weighted by molar-refractivity contribution is 5.41. The van der Waals surface area contributed by atoms with Crippen molar-refractivity contribution >= 4 is 0 Å². The van der Waals surface area contributed by atoms with Gasteiger partial charge in [0.1, 0.15) is 11.5 Å². The van der Waals surface area contributed by atoms with E-state index in [0.29, 0.717) is 11.7 Å². The summed E-state index contributed by atoms with van der Waals surface area (Å²) in [5.74, 6) is 1.22. The molecule has 1 aliphatic carbocycles. The molecule has 0 spiro atoms. The Labute approximate surface area is 120 Å². The molecule has 1 aromatic rings. The fraction of sp³-hybridized carbons (Fsp3) is 0.625. The topological polar surface area (TPSA) is 61.7 Å². The number of nitrogens with one attached hydrogen (secondary N) is 1. The van der Waals surface area contributed by atoms with Crippen LogP contribution in [0.15, 0.2) is 18.2 Å². The van der Waals surface area contributed by atoms with Gasteiger partial charge in [-0.3, -0.25) is 0 Å². The van der Waals surface area contributed by atoms with Crippen molar-refractivity contribution in [3.05, 3.63) is 23.8 Å². The third-order valence-electron chi connectivity index (χ3n) is 4.26. The highest BCUT2D eigenvalue weighted by Crippen LogP contribution is 2.29. The van der Waals surface area contributed by atoms with Crippen LogP contribution >= 0.6 is 0 Å². The summed E-state index contributed by atoms with van der Waals surface area (Å²) in [6, 6.07) is 5.41. The Balaban J connectivity index is 1.92. The zero-order valence-corrected chi connectivity index (χ0v) is 12.3. The third kappa shape index (κ3) is 3.64. The highest BCUT2D eigenvalue weighted by atomic mass is 16.5. The molecule has 3 atom stereocenters. The Morgan fingerprint density at radius 2 is 2.10 bits per heavy atom. The molecule has 4 heteroatoms. The second-order valence-corrected chi connectivity index (χ2v) is 5.67. The molecule has 0 radical (unpaired) electrons. The van der Waals surface area contributed by atoms with Crippen molar-refractivity contribution in [1.29, 1.82) is 0 Å². The zero-order valence-electron chi connectivity index (χ0n) is 12.3. The number of aliphatic hydroxyl groups is 1. The number of phenolic OH excluding ortho intramolecular Hbond substituents is 1. The van der Waals surface area contributed by atoms with E-state index in [1.165, 1.54) is 6.42 Å². The minimum Gasteiger partial charge on any atom is -0.507 e. The van der Waals surface area contributed by atoms with E-state index in [-0.39, 0.29) is 17.9 Å². The van der Waals surface area contributed by atoms with Crippen LogP contribution in [0.25, 0.3) is 0 Å². The summed E-state index contributed by atoms with van der Waals surface area (Å²) in [4.78, 5) is 0. The average Bonchev–Trinajstić information content (AvgIpc) is 2.46. The number of aromatic hydroxyl groups is 1. The number of benzene rings is 1. The second-order valence-electron chi connectivity index (χ2n) is 5.67. The molecule has 3 unspecified atom stereocenters. The van der Waals surface area contributed by atoms with E-state index in [9.17, 15) is 10.2 Å². The van der Waals surface area contributed by atoms with Gasteiger partial charge in [0.25, 0.3) is 0 Å². The maximum Gasteiger partial charge on any atom is 0.124 e. The van der Waals surface area contributed by atoms with E-state index in [0.717, 1.165) is 31.4 Å². The summed E-state index contributed by atoms with van der Waals surface area (Å²) in [5.41, 5.74) is 0.857. The van der Waals surface area contributed by atoms with Crippen LogP contribution in [0.5, 0.6) is 11.5 Å². The van der Waals surface area contributed by atoms with E-state index in [4.69, 9.17) is 4.74 Å². The van der Waals surface area contributed by atoms with Crippen LogP contribution in [0.2, 0.25) is 0 Å². The minimum atomic E-state index is -0.187. The number of aliphatic hydroxyl groups excluding tert-OH is 1. The van der Waals surface area contributed by atoms with Gasteiger partial charge in [-0.15, -0.1) is 0 Å². The molecule has 4 nitrogen and oxygen atoms in total. The Morgan fingerprint density at radius 3 is 2.75 bits per heavy atom. The van der Waals surface area contributed by atoms with Crippen molar-refractivity contribution in [2.45, 2.75) is 44.8 Å². The van der Waals surface area contributed by atoms with E-state index < -0.39 is 0 Å². The lowest BCUT2D eigenvalue weighted by atomic mass is 9.86. The van der Waals surface area contributed by atoms with Gasteiger partial charge in [0.2, 0.25) is 0 Å². The lowest BCUT2D eigenvalue weighted by molar-refractivity contribution is 0.0684. The van der Waals surface area contributed by atoms with Gasteiger partial charge in [-0.05, 0) is 31.7 Å². The van der Waals surface area contributed by atoms with Gasteiger partial charge in [0.15, 0.2) is 0 Å². The molecule has 20 heavy (non-hydrogen) atoms. The second kappa shape index (κ2) is 6.95. The predicted octanol–water partition coefficient (Wildman–Crippen LogP) is 2.60. The van der Waals surface area contributed by atoms with Gasteiger partial charge in [-0.2, -0.15) is 0 Å². The number of phenols is 1. The fourth-order valence-electron chi connectivity index (χ4n) is 2.88. The van der Waals surface area contributed by atoms with Crippen molar-refractivity contribution < 1.29 is 14.9 Å². The van der Waals surface area contributed by atoms with Gasteiger partial charge >= 0.3 is 0 Å². The molecule has 0 heterocycles. The molecule has 1 aliphatic rings. The van der Waals surface area contributed by atoms with Crippen LogP contribution in [-0.4, -0.2) is 30.0 Å². The average molecular weight is 279 g/mol. The lowest BCUT2D eigenvalue weighted by Gasteiger charge is -2.29. The van der Waals surface area contributed by atoms with E-state index in [1.807, 2.05) is 19.1 Å². The first-order chi connectivity index (χ1) is 9.61. The standard InChI is InChI=1S/C16H25NO3/c1-11(14-8-7-13(20-2)9-16(14)19)17-10-12-5-3-4-6-15(12)18/h7-9,11-12,15,17-19H,3-6,10H2,1-2H3. The molecule has 1 fully saturated rings. The first kappa shape index (κ1) is 15.1. The number of methoxy groups -OCH3 is 1. The Bertz CT molecular complexity index is 436. The first-order valence-electron chi connectivity index (χ1n) is 7.40. The van der Waals surface area contributed by atoms with Gasteiger partial charge in [-0.1, -0.05) is 18.9 Å². The monoisotopic (exact) mass is 279 g/mol. The predicted molar refractivity (Wildman–Crippen MR) is 79.0 cm³/mol. The van der Waals surface area contributed by atoms with Gasteiger partial charge in [0, 0.05) is 24.2 Å². The molecule has 1 saturated carbocycles. The van der Waals surface area contributed by atoms with Crippen molar-refractivity contribution in [3.8, 4) is 11.5 Å². The number of ether oxygens (including phenoxy) is 1. The van der Waals surface area contributed by atoms with Crippen LogP contribution in [0.1, 0.15) is 44.2 Å². The summed E-state index contributed by atoms with van der Waals surface area (Å²) in [5, 5.41) is 23.4. The molecule has 0 saturated heterocycles. The molecule has 112 valence electrons. The summed E-state index contributed by atoms with van der Waals surface area (Å²) >= 11 is 0. The van der Waals surface area contributed by atoms with Crippen molar-refractivity contribution in [2.24, 2.45) is 5.92 Å². The molecule has 0 bridgehead atoms. The highest BCUT2D eigenvalue weighted by Gasteiger charge is 2.23. The molecule has 2 rings (SSSR count). The van der Waals surface area contributed by atoms with E-state index in [1.54, 1.807) is 13.2 Å². The maximum atomic E-state index is 10.0. The molecule has 0 amide bonds. The zero-order chi connectivity index (χ0) is 14.5. The van der Waals surface area contributed by atoms with E-state index >= 15 is 0 Å².